The number of hydrogen-bond acceptors (Lipinski definition) is 9. The maximum Gasteiger partial charge on any atom is 0.255 e. The molecule has 7 rings (SSSR count). The summed E-state index contributed by atoms with van der Waals surface area (Å²) in [5, 5.41) is 29.7. The summed E-state index contributed by atoms with van der Waals surface area (Å²) in [7, 11) is 5.65. The molecular formula is C45H68N4O7. The van der Waals surface area contributed by atoms with Gasteiger partial charge in [0.25, 0.3) is 5.91 Å². The third-order valence-electron chi connectivity index (χ3n) is 13.2. The van der Waals surface area contributed by atoms with Crippen molar-refractivity contribution in [2.24, 2.45) is 34.5 Å². The minimum Gasteiger partial charge on any atom is -0.496 e. The number of nitrogens with zero attached hydrogens (tertiary/aromatic N) is 2. The van der Waals surface area contributed by atoms with Crippen LogP contribution in [0.25, 0.3) is 11.1 Å². The van der Waals surface area contributed by atoms with Crippen molar-refractivity contribution < 1.29 is 34.1 Å². The van der Waals surface area contributed by atoms with Crippen molar-refractivity contribution in [1.29, 1.82) is 0 Å². The zero-order chi connectivity index (χ0) is 41.1. The fourth-order valence-electron chi connectivity index (χ4n) is 10.5. The number of ether oxygens (including phenoxy) is 2. The number of nitrogens with one attached hydrogen (secondary N) is 2. The van der Waals surface area contributed by atoms with E-state index in [1.54, 1.807) is 19.1 Å². The van der Waals surface area contributed by atoms with Crippen molar-refractivity contribution >= 4 is 11.8 Å². The molecule has 2 aromatic rings. The van der Waals surface area contributed by atoms with Crippen molar-refractivity contribution in [3.8, 4) is 22.6 Å². The molecule has 5 aliphatic rings. The van der Waals surface area contributed by atoms with Gasteiger partial charge in [-0.1, -0.05) is 59.7 Å². The molecule has 2 amide bonds. The van der Waals surface area contributed by atoms with E-state index in [0.717, 1.165) is 35.1 Å². The van der Waals surface area contributed by atoms with E-state index >= 15 is 0 Å². The van der Waals surface area contributed by atoms with Gasteiger partial charge in [0, 0.05) is 42.1 Å². The maximum atomic E-state index is 14.3. The molecule has 2 aromatic carbocycles. The van der Waals surface area contributed by atoms with Crippen LogP contribution in [0, 0.1) is 34.5 Å². The molecule has 4 N–H and O–H groups in total. The SMILES string of the molecule is COc1c(CN2O[C@@H](CO)[C@@H]([C@H](C)O)[C@H]2C(=O)N[C@H]2C[C@H]3C[C@@H]([C@@H]2C)C3(C)C)cccc1-c1cc2c(c(C(=O)N[C@H](CN(C)C)CC(C)(C)C)c1)OC(C)(C)C2. The lowest BCUT2D eigenvalue weighted by Crippen LogP contribution is -2.62. The van der Waals surface area contributed by atoms with E-state index in [4.69, 9.17) is 14.3 Å². The lowest BCUT2D eigenvalue weighted by atomic mass is 9.45. The number of rotatable bonds is 13. The van der Waals surface area contributed by atoms with E-state index < -0.39 is 29.8 Å². The van der Waals surface area contributed by atoms with Crippen LogP contribution in [-0.4, -0.2) is 102 Å². The smallest absolute Gasteiger partial charge is 0.255 e. The molecule has 9 atom stereocenters. The topological polar surface area (TPSA) is 133 Å². The molecule has 11 nitrogen and oxygen atoms in total. The van der Waals surface area contributed by atoms with E-state index in [1.807, 2.05) is 52.2 Å². The zero-order valence-corrected chi connectivity index (χ0v) is 35.9. The van der Waals surface area contributed by atoms with Gasteiger partial charge < -0.3 is 35.2 Å². The number of benzene rings is 2. The van der Waals surface area contributed by atoms with E-state index in [2.05, 4.69) is 63.1 Å². The van der Waals surface area contributed by atoms with Crippen molar-refractivity contribution in [2.75, 3.05) is 34.4 Å². The molecule has 0 spiro atoms. The highest BCUT2D eigenvalue weighted by Crippen LogP contribution is 2.61. The standard InChI is InChI=1S/C45H68N4O7/c1-25-34-18-30(45(34,8)9)19-35(25)47-42(53)38-37(26(2)51)36(24-50)56-49(38)22-27-14-13-15-32(39(27)54-12)28-16-29-20-44(6,7)55-40(29)33(17-28)41(52)46-31(23-48(10)11)21-43(3,4)5/h13-17,25-26,30-31,34-38,50-51H,18-24H2,1-12H3,(H,46,52)(H,47,53)/t25-,26-,30+,31-,34-,35-,36-,37+,38-/m0/s1. The van der Waals surface area contributed by atoms with Gasteiger partial charge in [-0.15, -0.1) is 0 Å². The minimum absolute atomic E-state index is 0.0149. The van der Waals surface area contributed by atoms with Crippen LogP contribution < -0.4 is 20.1 Å². The number of hydroxylamine groups is 2. The second-order valence-electron chi connectivity index (χ2n) is 20.0. The van der Waals surface area contributed by atoms with Gasteiger partial charge in [-0.2, -0.15) is 5.06 Å². The van der Waals surface area contributed by atoms with Crippen molar-refractivity contribution in [1.82, 2.24) is 20.6 Å². The average Bonchev–Trinajstić information content (AvgIpc) is 3.62. The van der Waals surface area contributed by atoms with E-state index in [0.29, 0.717) is 47.8 Å². The van der Waals surface area contributed by atoms with E-state index in [1.165, 1.54) is 6.42 Å². The molecular weight excluding hydrogens is 709 g/mol. The second kappa shape index (κ2) is 15.9. The van der Waals surface area contributed by atoms with Gasteiger partial charge >= 0.3 is 0 Å². The Labute approximate surface area is 334 Å². The monoisotopic (exact) mass is 777 g/mol. The van der Waals surface area contributed by atoms with Crippen LogP contribution in [0.15, 0.2) is 30.3 Å². The predicted octanol–water partition coefficient (Wildman–Crippen LogP) is 5.83. The normalized spacial score (nSPS) is 28.9. The number of hydrogen-bond donors (Lipinski definition) is 4. The summed E-state index contributed by atoms with van der Waals surface area (Å²) in [5.74, 6) is 1.62. The van der Waals surface area contributed by atoms with Crippen molar-refractivity contribution in [2.45, 2.75) is 130 Å². The second-order valence-corrected chi connectivity index (χ2v) is 20.0. The molecule has 2 heterocycles. The molecule has 310 valence electrons. The van der Waals surface area contributed by atoms with E-state index in [-0.39, 0.29) is 47.9 Å². The molecule has 11 heteroatoms. The molecule has 3 aliphatic carbocycles. The fraction of sp³-hybridized carbons (Fsp3) is 0.689. The van der Waals surface area contributed by atoms with Gasteiger partial charge in [0.05, 0.1) is 31.9 Å². The molecule has 0 radical (unpaired) electrons. The summed E-state index contributed by atoms with van der Waals surface area (Å²) >= 11 is 0. The van der Waals surface area contributed by atoms with Crippen LogP contribution in [0.3, 0.4) is 0 Å². The highest BCUT2D eigenvalue weighted by Gasteiger charge is 2.57. The van der Waals surface area contributed by atoms with Crippen LogP contribution in [-0.2, 0) is 22.6 Å². The molecule has 2 aliphatic heterocycles. The Bertz CT molecular complexity index is 1770. The summed E-state index contributed by atoms with van der Waals surface area (Å²) in [4.78, 5) is 37.0. The minimum atomic E-state index is -0.902. The Morgan fingerprint density at radius 2 is 1.84 bits per heavy atom. The van der Waals surface area contributed by atoms with Gasteiger partial charge in [0.2, 0.25) is 5.91 Å². The summed E-state index contributed by atoms with van der Waals surface area (Å²) in [6.07, 6.45) is 1.92. The van der Waals surface area contributed by atoms with Gasteiger partial charge in [0.15, 0.2) is 0 Å². The van der Waals surface area contributed by atoms with Crippen LogP contribution in [0.2, 0.25) is 0 Å². The van der Waals surface area contributed by atoms with Crippen LogP contribution in [0.4, 0.5) is 0 Å². The predicted molar refractivity (Wildman–Crippen MR) is 218 cm³/mol. The van der Waals surface area contributed by atoms with Gasteiger partial charge in [-0.05, 0) is 106 Å². The van der Waals surface area contributed by atoms with Gasteiger partial charge in [-0.3, -0.25) is 14.4 Å². The number of aliphatic hydroxyl groups is 2. The first-order valence-electron chi connectivity index (χ1n) is 20.6. The number of methoxy groups -OCH3 is 1. The molecule has 2 bridgehead atoms. The first-order valence-corrected chi connectivity index (χ1v) is 20.6. The number of carbonyl (C=O) groups excluding carboxylic acids is 2. The zero-order valence-electron chi connectivity index (χ0n) is 35.9. The van der Waals surface area contributed by atoms with Crippen molar-refractivity contribution in [3.05, 3.63) is 47.0 Å². The fourth-order valence-corrected chi connectivity index (χ4v) is 10.5. The third kappa shape index (κ3) is 8.48. The summed E-state index contributed by atoms with van der Waals surface area (Å²) in [6, 6.07) is 8.96. The van der Waals surface area contributed by atoms with Crippen LogP contribution >= 0.6 is 0 Å². The largest absolute Gasteiger partial charge is 0.496 e. The van der Waals surface area contributed by atoms with E-state index in [9.17, 15) is 19.8 Å². The highest BCUT2D eigenvalue weighted by atomic mass is 16.7. The quantitative estimate of drug-likeness (QED) is 0.198. The summed E-state index contributed by atoms with van der Waals surface area (Å²) in [6.45, 7) is 19.7. The maximum absolute atomic E-state index is 14.3. The molecule has 3 saturated carbocycles. The van der Waals surface area contributed by atoms with Gasteiger partial charge in [-0.25, -0.2) is 0 Å². The molecule has 0 aromatic heterocycles. The molecule has 1 saturated heterocycles. The number of fused-ring (bicyclic) bond motifs is 3. The Kier molecular flexibility index (Phi) is 12.0. The number of likely N-dealkylation sites (N-methyl/N-ethyl adjacent to an activating group) is 1. The lowest BCUT2D eigenvalue weighted by molar-refractivity contribution is -0.183. The highest BCUT2D eigenvalue weighted by molar-refractivity contribution is 5.99. The average molecular weight is 777 g/mol. The number of para-hydroxylation sites is 1. The Morgan fingerprint density at radius 3 is 2.43 bits per heavy atom. The van der Waals surface area contributed by atoms with Crippen molar-refractivity contribution in [3.63, 3.8) is 0 Å². The summed E-state index contributed by atoms with van der Waals surface area (Å²) in [5.41, 5.74) is 3.62. The molecule has 0 unspecified atom stereocenters. The van der Waals surface area contributed by atoms with Crippen LogP contribution in [0.1, 0.15) is 103 Å². The molecule has 56 heavy (non-hydrogen) atoms. The third-order valence-corrected chi connectivity index (χ3v) is 13.2. The Hall–Kier alpha value is -3.22. The first kappa shape index (κ1) is 42.4. The first-order chi connectivity index (χ1) is 26.1. The number of amides is 2. The van der Waals surface area contributed by atoms with Gasteiger partial charge in [0.1, 0.15) is 29.2 Å². The number of aliphatic hydroxyl groups excluding tert-OH is 2. The number of carbonyl (C=O) groups is 2. The van der Waals surface area contributed by atoms with Crippen LogP contribution in [0.5, 0.6) is 11.5 Å². The molecule has 4 fully saturated rings. The lowest BCUT2D eigenvalue weighted by Gasteiger charge is -2.62. The summed E-state index contributed by atoms with van der Waals surface area (Å²) < 4.78 is 12.6. The Balaban J connectivity index is 1.32. The Morgan fingerprint density at radius 1 is 1.12 bits per heavy atom.